The van der Waals surface area contributed by atoms with Gasteiger partial charge in [0.15, 0.2) is 10.9 Å². The summed E-state index contributed by atoms with van der Waals surface area (Å²) >= 11 is 17.4. The minimum absolute atomic E-state index is 0.106. The fraction of sp³-hybridized carbons (Fsp3) is 0.158. The Morgan fingerprint density at radius 2 is 1.88 bits per heavy atom. The van der Waals surface area contributed by atoms with Crippen molar-refractivity contribution in [1.82, 2.24) is 15.1 Å². The molecule has 1 unspecified atom stereocenters. The lowest BCUT2D eigenvalue weighted by Crippen LogP contribution is -2.31. The molecule has 0 fully saturated rings. The first-order valence-electron chi connectivity index (χ1n) is 8.11. The zero-order chi connectivity index (χ0) is 18.5. The summed E-state index contributed by atoms with van der Waals surface area (Å²) in [6.07, 6.45) is 1.88. The zero-order valence-corrected chi connectivity index (χ0v) is 16.4. The number of halogens is 2. The summed E-state index contributed by atoms with van der Waals surface area (Å²) < 4.78 is 1.81. The van der Waals surface area contributed by atoms with Gasteiger partial charge in [0, 0.05) is 12.3 Å². The Balaban J connectivity index is 1.57. The molecule has 0 aliphatic rings. The van der Waals surface area contributed by atoms with E-state index in [9.17, 15) is 0 Å². The van der Waals surface area contributed by atoms with E-state index in [0.29, 0.717) is 27.5 Å². The van der Waals surface area contributed by atoms with Crippen LogP contribution in [0.3, 0.4) is 0 Å². The van der Waals surface area contributed by atoms with Gasteiger partial charge in [-0.1, -0.05) is 59.6 Å². The van der Waals surface area contributed by atoms with E-state index in [0.717, 1.165) is 5.56 Å². The molecule has 3 aromatic rings. The largest absolute Gasteiger partial charge is 0.356 e. The van der Waals surface area contributed by atoms with Crippen LogP contribution in [0.5, 0.6) is 0 Å². The summed E-state index contributed by atoms with van der Waals surface area (Å²) in [5.41, 5.74) is 2.19. The third kappa shape index (κ3) is 4.97. The van der Waals surface area contributed by atoms with Crippen LogP contribution in [-0.4, -0.2) is 14.9 Å². The minimum atomic E-state index is 0.106. The molecule has 0 bridgehead atoms. The van der Waals surface area contributed by atoms with E-state index in [1.165, 1.54) is 5.56 Å². The van der Waals surface area contributed by atoms with Gasteiger partial charge in [0.25, 0.3) is 0 Å². The lowest BCUT2D eigenvalue weighted by molar-refractivity contribution is 0.689. The number of nitrogens with zero attached hydrogens (tertiary/aromatic N) is 2. The molecule has 134 valence electrons. The normalized spacial score (nSPS) is 11.8. The number of anilines is 1. The molecule has 1 heterocycles. The molecule has 1 atom stereocenters. The lowest BCUT2D eigenvalue weighted by Gasteiger charge is -2.16. The summed E-state index contributed by atoms with van der Waals surface area (Å²) in [5, 5.41) is 12.5. The van der Waals surface area contributed by atoms with Crippen LogP contribution in [0.25, 0.3) is 0 Å². The Hall–Kier alpha value is -2.08. The molecule has 2 aromatic carbocycles. The SMILES string of the molecule is CC(NC(=S)Nc1ccn(Cc2ccc(Cl)c(Cl)c2)n1)c1ccccc1. The molecule has 1 aromatic heterocycles. The lowest BCUT2D eigenvalue weighted by atomic mass is 10.1. The summed E-state index contributed by atoms with van der Waals surface area (Å²) in [6.45, 7) is 2.66. The van der Waals surface area contributed by atoms with Gasteiger partial charge in [-0.15, -0.1) is 0 Å². The number of hydrogen-bond acceptors (Lipinski definition) is 2. The second kappa shape index (κ2) is 8.54. The highest BCUT2D eigenvalue weighted by atomic mass is 35.5. The van der Waals surface area contributed by atoms with Gasteiger partial charge < -0.3 is 10.6 Å². The van der Waals surface area contributed by atoms with Crippen LogP contribution < -0.4 is 10.6 Å². The number of benzene rings is 2. The Morgan fingerprint density at radius 1 is 1.12 bits per heavy atom. The highest BCUT2D eigenvalue weighted by Crippen LogP contribution is 2.23. The van der Waals surface area contributed by atoms with Crippen molar-refractivity contribution in [3.63, 3.8) is 0 Å². The van der Waals surface area contributed by atoms with Crippen molar-refractivity contribution in [3.05, 3.63) is 82.0 Å². The second-order valence-electron chi connectivity index (χ2n) is 5.88. The fourth-order valence-electron chi connectivity index (χ4n) is 2.52. The number of hydrogen-bond donors (Lipinski definition) is 2. The van der Waals surface area contributed by atoms with E-state index in [1.807, 2.05) is 47.3 Å². The van der Waals surface area contributed by atoms with Crippen molar-refractivity contribution in [3.8, 4) is 0 Å². The van der Waals surface area contributed by atoms with E-state index in [-0.39, 0.29) is 6.04 Å². The molecule has 3 rings (SSSR count). The van der Waals surface area contributed by atoms with Crippen molar-refractivity contribution in [2.45, 2.75) is 19.5 Å². The summed E-state index contributed by atoms with van der Waals surface area (Å²) in [4.78, 5) is 0. The maximum absolute atomic E-state index is 6.05. The molecule has 7 heteroatoms. The second-order valence-corrected chi connectivity index (χ2v) is 7.10. The predicted molar refractivity (Wildman–Crippen MR) is 112 cm³/mol. The van der Waals surface area contributed by atoms with Gasteiger partial charge in [-0.3, -0.25) is 4.68 Å². The van der Waals surface area contributed by atoms with Gasteiger partial charge in [-0.2, -0.15) is 5.10 Å². The van der Waals surface area contributed by atoms with E-state index in [2.05, 4.69) is 34.8 Å². The van der Waals surface area contributed by atoms with Crippen LogP contribution in [0.4, 0.5) is 5.82 Å². The van der Waals surface area contributed by atoms with Crippen LogP contribution in [0.1, 0.15) is 24.1 Å². The summed E-state index contributed by atoms with van der Waals surface area (Å²) in [7, 11) is 0. The third-order valence-electron chi connectivity index (χ3n) is 3.86. The third-order valence-corrected chi connectivity index (χ3v) is 4.82. The molecule has 2 N–H and O–H groups in total. The Morgan fingerprint density at radius 3 is 2.62 bits per heavy atom. The highest BCUT2D eigenvalue weighted by Gasteiger charge is 2.08. The number of thiocarbonyl (C=S) groups is 1. The van der Waals surface area contributed by atoms with E-state index < -0.39 is 0 Å². The monoisotopic (exact) mass is 404 g/mol. The Labute approximate surface area is 168 Å². The van der Waals surface area contributed by atoms with E-state index in [4.69, 9.17) is 35.4 Å². The smallest absolute Gasteiger partial charge is 0.172 e. The molecule has 0 saturated carbocycles. The topological polar surface area (TPSA) is 41.9 Å². The average Bonchev–Trinajstić information content (AvgIpc) is 3.05. The highest BCUT2D eigenvalue weighted by molar-refractivity contribution is 7.80. The molecule has 0 spiro atoms. The summed E-state index contributed by atoms with van der Waals surface area (Å²) in [5.74, 6) is 0.683. The molecule has 0 radical (unpaired) electrons. The maximum Gasteiger partial charge on any atom is 0.172 e. The van der Waals surface area contributed by atoms with Crippen LogP contribution >= 0.6 is 35.4 Å². The first-order valence-corrected chi connectivity index (χ1v) is 9.27. The maximum atomic E-state index is 6.05. The molecule has 0 saturated heterocycles. The van der Waals surface area contributed by atoms with Gasteiger partial charge >= 0.3 is 0 Å². The molecule has 0 amide bonds. The number of rotatable bonds is 5. The molecular weight excluding hydrogens is 387 g/mol. The van der Waals surface area contributed by atoms with Crippen molar-refractivity contribution >= 4 is 46.4 Å². The van der Waals surface area contributed by atoms with Crippen molar-refractivity contribution in [1.29, 1.82) is 0 Å². The first kappa shape index (κ1) is 18.7. The van der Waals surface area contributed by atoms with Gasteiger partial charge in [0.05, 0.1) is 22.6 Å². The van der Waals surface area contributed by atoms with Crippen LogP contribution in [0.2, 0.25) is 10.0 Å². The minimum Gasteiger partial charge on any atom is -0.356 e. The standard InChI is InChI=1S/C19H18Cl2N4S/c1-13(15-5-3-2-4-6-15)22-19(26)23-18-9-10-25(24-18)12-14-7-8-16(20)17(21)11-14/h2-11,13H,12H2,1H3,(H2,22,23,24,26). The van der Waals surface area contributed by atoms with E-state index in [1.54, 1.807) is 6.07 Å². The van der Waals surface area contributed by atoms with Gasteiger partial charge in [0.1, 0.15) is 0 Å². The summed E-state index contributed by atoms with van der Waals surface area (Å²) in [6, 6.07) is 17.7. The molecular formula is C19H18Cl2N4S. The van der Waals surface area contributed by atoms with Crippen molar-refractivity contribution in [2.24, 2.45) is 0 Å². The van der Waals surface area contributed by atoms with Crippen LogP contribution in [0.15, 0.2) is 60.8 Å². The van der Waals surface area contributed by atoms with Crippen LogP contribution in [0, 0.1) is 0 Å². The van der Waals surface area contributed by atoms with Gasteiger partial charge in [-0.25, -0.2) is 0 Å². The van der Waals surface area contributed by atoms with Crippen molar-refractivity contribution in [2.75, 3.05) is 5.32 Å². The zero-order valence-electron chi connectivity index (χ0n) is 14.1. The van der Waals surface area contributed by atoms with E-state index >= 15 is 0 Å². The molecule has 26 heavy (non-hydrogen) atoms. The van der Waals surface area contributed by atoms with Crippen LogP contribution in [-0.2, 0) is 6.54 Å². The molecule has 0 aliphatic carbocycles. The molecule has 0 aliphatic heterocycles. The first-order chi connectivity index (χ1) is 12.5. The predicted octanol–water partition coefficient (Wildman–Crippen LogP) is 5.29. The number of nitrogens with one attached hydrogen (secondary N) is 2. The fourth-order valence-corrected chi connectivity index (χ4v) is 3.12. The van der Waals surface area contributed by atoms with Gasteiger partial charge in [-0.05, 0) is 42.4 Å². The average molecular weight is 405 g/mol. The van der Waals surface area contributed by atoms with Gasteiger partial charge in [0.2, 0.25) is 0 Å². The quantitative estimate of drug-likeness (QED) is 0.567. The van der Waals surface area contributed by atoms with Crippen molar-refractivity contribution < 1.29 is 0 Å². The number of aromatic nitrogens is 2. The Kier molecular flexibility index (Phi) is 6.14. The Bertz CT molecular complexity index is 896. The molecule has 4 nitrogen and oxygen atoms in total.